The fourth-order valence-corrected chi connectivity index (χ4v) is 2.56. The maximum atomic E-state index is 5.84. The second kappa shape index (κ2) is 6.89. The summed E-state index contributed by atoms with van der Waals surface area (Å²) in [4.78, 5) is 2.39. The van der Waals surface area contributed by atoms with Crippen LogP contribution in [0, 0.1) is 0 Å². The minimum absolute atomic E-state index is 0.306. The van der Waals surface area contributed by atoms with Gasteiger partial charge in [-0.2, -0.15) is 0 Å². The SMILES string of the molecule is C[C@@H]1CN(CCOc2ccccc2CN)C[C@H](C)O1. The molecule has 0 spiro atoms. The Balaban J connectivity index is 1.80. The van der Waals surface area contributed by atoms with Gasteiger partial charge in [-0.3, -0.25) is 4.90 Å². The molecule has 0 aromatic heterocycles. The van der Waals surface area contributed by atoms with Gasteiger partial charge >= 0.3 is 0 Å². The molecule has 19 heavy (non-hydrogen) atoms. The molecule has 2 atom stereocenters. The van der Waals surface area contributed by atoms with E-state index in [2.05, 4.69) is 18.7 Å². The molecule has 1 aromatic carbocycles. The van der Waals surface area contributed by atoms with Gasteiger partial charge in [-0.25, -0.2) is 0 Å². The minimum Gasteiger partial charge on any atom is -0.492 e. The zero-order valence-electron chi connectivity index (χ0n) is 11.8. The molecular weight excluding hydrogens is 240 g/mol. The molecule has 0 saturated carbocycles. The molecule has 1 aliphatic heterocycles. The Kier molecular flexibility index (Phi) is 5.19. The van der Waals surface area contributed by atoms with E-state index in [0.29, 0.717) is 25.4 Å². The van der Waals surface area contributed by atoms with Crippen molar-refractivity contribution in [3.05, 3.63) is 29.8 Å². The zero-order valence-corrected chi connectivity index (χ0v) is 11.8. The maximum absolute atomic E-state index is 5.84. The van der Waals surface area contributed by atoms with E-state index in [-0.39, 0.29) is 0 Å². The zero-order chi connectivity index (χ0) is 13.7. The summed E-state index contributed by atoms with van der Waals surface area (Å²) in [6.45, 7) is 8.33. The van der Waals surface area contributed by atoms with E-state index >= 15 is 0 Å². The van der Waals surface area contributed by atoms with Crippen LogP contribution in [0.5, 0.6) is 5.75 Å². The third-order valence-electron chi connectivity index (χ3n) is 3.35. The predicted octanol–water partition coefficient (Wildman–Crippen LogP) is 1.63. The Labute approximate surface area is 115 Å². The van der Waals surface area contributed by atoms with Crippen LogP contribution in [0.15, 0.2) is 24.3 Å². The van der Waals surface area contributed by atoms with E-state index in [1.54, 1.807) is 0 Å². The second-order valence-corrected chi connectivity index (χ2v) is 5.18. The average molecular weight is 264 g/mol. The summed E-state index contributed by atoms with van der Waals surface area (Å²) in [6.07, 6.45) is 0.611. The van der Waals surface area contributed by atoms with Gasteiger partial charge in [0.05, 0.1) is 12.2 Å². The highest BCUT2D eigenvalue weighted by Gasteiger charge is 2.21. The van der Waals surface area contributed by atoms with Crippen LogP contribution in [-0.2, 0) is 11.3 Å². The smallest absolute Gasteiger partial charge is 0.123 e. The van der Waals surface area contributed by atoms with Gasteiger partial charge in [0.15, 0.2) is 0 Å². The molecule has 1 fully saturated rings. The summed E-state index contributed by atoms with van der Waals surface area (Å²) < 4.78 is 11.6. The summed E-state index contributed by atoms with van der Waals surface area (Å²) in [5.74, 6) is 0.902. The van der Waals surface area contributed by atoms with Crippen molar-refractivity contribution in [1.29, 1.82) is 0 Å². The van der Waals surface area contributed by atoms with Gasteiger partial charge in [0.25, 0.3) is 0 Å². The first-order valence-corrected chi connectivity index (χ1v) is 6.97. The number of benzene rings is 1. The lowest BCUT2D eigenvalue weighted by Crippen LogP contribution is -2.46. The monoisotopic (exact) mass is 264 g/mol. The number of hydrogen-bond acceptors (Lipinski definition) is 4. The van der Waals surface area contributed by atoms with Gasteiger partial charge in [0, 0.05) is 31.7 Å². The van der Waals surface area contributed by atoms with Gasteiger partial charge < -0.3 is 15.2 Å². The van der Waals surface area contributed by atoms with E-state index in [1.807, 2.05) is 24.3 Å². The highest BCUT2D eigenvalue weighted by molar-refractivity contribution is 5.32. The molecule has 4 heteroatoms. The lowest BCUT2D eigenvalue weighted by Gasteiger charge is -2.35. The first kappa shape index (κ1) is 14.3. The van der Waals surface area contributed by atoms with Crippen LogP contribution in [0.1, 0.15) is 19.4 Å². The number of nitrogens with two attached hydrogens (primary N) is 1. The average Bonchev–Trinajstić information content (AvgIpc) is 2.38. The topological polar surface area (TPSA) is 47.7 Å². The van der Waals surface area contributed by atoms with Crippen molar-refractivity contribution in [3.8, 4) is 5.75 Å². The lowest BCUT2D eigenvalue weighted by molar-refractivity contribution is -0.0699. The third kappa shape index (κ3) is 4.20. The number of morpholine rings is 1. The highest BCUT2D eigenvalue weighted by Crippen LogP contribution is 2.17. The Morgan fingerprint density at radius 3 is 2.63 bits per heavy atom. The molecule has 0 amide bonds. The summed E-state index contributed by atoms with van der Waals surface area (Å²) >= 11 is 0. The molecule has 1 aromatic rings. The van der Waals surface area contributed by atoms with Crippen molar-refractivity contribution in [2.24, 2.45) is 5.73 Å². The van der Waals surface area contributed by atoms with Crippen LogP contribution in [0.4, 0.5) is 0 Å². The van der Waals surface area contributed by atoms with Gasteiger partial charge in [0.2, 0.25) is 0 Å². The molecule has 0 unspecified atom stereocenters. The summed E-state index contributed by atoms with van der Waals surface area (Å²) in [5, 5.41) is 0. The van der Waals surface area contributed by atoms with Gasteiger partial charge in [0.1, 0.15) is 12.4 Å². The fraction of sp³-hybridized carbons (Fsp3) is 0.600. The molecule has 1 heterocycles. The van der Waals surface area contributed by atoms with Crippen LogP contribution in [0.2, 0.25) is 0 Å². The van der Waals surface area contributed by atoms with E-state index in [9.17, 15) is 0 Å². The predicted molar refractivity (Wildman–Crippen MR) is 76.3 cm³/mol. The molecule has 106 valence electrons. The molecule has 0 aliphatic carbocycles. The van der Waals surface area contributed by atoms with Crippen molar-refractivity contribution < 1.29 is 9.47 Å². The molecule has 2 rings (SSSR count). The van der Waals surface area contributed by atoms with Gasteiger partial charge in [-0.15, -0.1) is 0 Å². The van der Waals surface area contributed by atoms with Crippen LogP contribution in [-0.4, -0.2) is 43.3 Å². The number of rotatable bonds is 5. The van der Waals surface area contributed by atoms with Crippen molar-refractivity contribution in [3.63, 3.8) is 0 Å². The molecule has 4 nitrogen and oxygen atoms in total. The standard InChI is InChI=1S/C15H24N2O2/c1-12-10-17(11-13(2)19-12)7-8-18-15-6-4-3-5-14(15)9-16/h3-6,12-13H,7-11,16H2,1-2H3/t12-,13+. The first-order valence-electron chi connectivity index (χ1n) is 6.97. The Bertz CT molecular complexity index is 387. The third-order valence-corrected chi connectivity index (χ3v) is 3.35. The molecular formula is C15H24N2O2. The van der Waals surface area contributed by atoms with E-state index in [1.165, 1.54) is 0 Å². The normalized spacial score (nSPS) is 24.4. The number of hydrogen-bond donors (Lipinski definition) is 1. The van der Waals surface area contributed by atoms with E-state index in [0.717, 1.165) is 30.9 Å². The molecule has 1 aliphatic rings. The number of nitrogens with zero attached hydrogens (tertiary/aromatic N) is 1. The second-order valence-electron chi connectivity index (χ2n) is 5.18. The highest BCUT2D eigenvalue weighted by atomic mass is 16.5. The minimum atomic E-state index is 0.306. The first-order chi connectivity index (χ1) is 9.19. The molecule has 0 bridgehead atoms. The van der Waals surface area contributed by atoms with E-state index < -0.39 is 0 Å². The van der Waals surface area contributed by atoms with Crippen molar-refractivity contribution >= 4 is 0 Å². The quantitative estimate of drug-likeness (QED) is 0.878. The Morgan fingerprint density at radius 1 is 1.26 bits per heavy atom. The number of para-hydroxylation sites is 1. The van der Waals surface area contributed by atoms with Crippen molar-refractivity contribution in [2.45, 2.75) is 32.6 Å². The summed E-state index contributed by atoms with van der Waals surface area (Å²) in [5.41, 5.74) is 6.76. The van der Waals surface area contributed by atoms with Crippen LogP contribution >= 0.6 is 0 Å². The largest absolute Gasteiger partial charge is 0.492 e. The van der Waals surface area contributed by atoms with Crippen LogP contribution < -0.4 is 10.5 Å². The van der Waals surface area contributed by atoms with Crippen LogP contribution in [0.25, 0.3) is 0 Å². The molecule has 0 radical (unpaired) electrons. The summed E-state index contributed by atoms with van der Waals surface area (Å²) in [6, 6.07) is 7.95. The van der Waals surface area contributed by atoms with Gasteiger partial charge in [-0.05, 0) is 19.9 Å². The van der Waals surface area contributed by atoms with Gasteiger partial charge in [-0.1, -0.05) is 18.2 Å². The Hall–Kier alpha value is -1.10. The number of ether oxygens (including phenoxy) is 2. The van der Waals surface area contributed by atoms with E-state index in [4.69, 9.17) is 15.2 Å². The molecule has 2 N–H and O–H groups in total. The fourth-order valence-electron chi connectivity index (χ4n) is 2.56. The van der Waals surface area contributed by atoms with Crippen LogP contribution in [0.3, 0.4) is 0 Å². The Morgan fingerprint density at radius 2 is 1.95 bits per heavy atom. The van der Waals surface area contributed by atoms with Crippen molar-refractivity contribution in [2.75, 3.05) is 26.2 Å². The summed E-state index contributed by atoms with van der Waals surface area (Å²) in [7, 11) is 0. The molecule has 1 saturated heterocycles. The maximum Gasteiger partial charge on any atom is 0.123 e. The van der Waals surface area contributed by atoms with Crippen molar-refractivity contribution in [1.82, 2.24) is 4.90 Å². The lowest BCUT2D eigenvalue weighted by atomic mass is 10.2.